The maximum absolute atomic E-state index is 12.5. The number of allylic oxidation sites excluding steroid dienone is 2. The Balaban J connectivity index is 1.74. The first-order valence-corrected chi connectivity index (χ1v) is 8.02. The molecule has 2 aromatic rings. The van der Waals surface area contributed by atoms with Crippen LogP contribution in [0.25, 0.3) is 11.4 Å². The molecule has 0 fully saturated rings. The van der Waals surface area contributed by atoms with Gasteiger partial charge in [0.25, 0.3) is 0 Å². The molecule has 1 aliphatic carbocycles. The largest absolute Gasteiger partial charge is 0.315 e. The number of tetrazole rings is 1. The molecule has 0 aliphatic heterocycles. The molecule has 0 N–H and O–H groups in total. The molecule has 0 saturated carbocycles. The second-order valence-electron chi connectivity index (χ2n) is 5.68. The van der Waals surface area contributed by atoms with Gasteiger partial charge in [-0.3, -0.25) is 4.79 Å². The van der Waals surface area contributed by atoms with E-state index in [0.29, 0.717) is 12.4 Å². The van der Waals surface area contributed by atoms with Crippen molar-refractivity contribution in [2.24, 2.45) is 0 Å². The van der Waals surface area contributed by atoms with Crippen LogP contribution >= 0.6 is 0 Å². The highest BCUT2D eigenvalue weighted by atomic mass is 16.2. The average Bonchev–Trinajstić information content (AvgIpc) is 3.21. The van der Waals surface area contributed by atoms with Crippen LogP contribution in [-0.4, -0.2) is 37.6 Å². The smallest absolute Gasteiger partial charge is 0.250 e. The van der Waals surface area contributed by atoms with E-state index in [1.54, 1.807) is 0 Å². The minimum atomic E-state index is 0.00869. The summed E-state index contributed by atoms with van der Waals surface area (Å²) in [5, 5.41) is 12.5. The van der Waals surface area contributed by atoms with Gasteiger partial charge in [-0.25, -0.2) is 0 Å². The number of aromatic nitrogens is 4. The second kappa shape index (κ2) is 6.73. The van der Waals surface area contributed by atoms with Crippen LogP contribution in [0.5, 0.6) is 0 Å². The van der Waals surface area contributed by atoms with Gasteiger partial charge in [-0.05, 0) is 43.9 Å². The highest BCUT2D eigenvalue weighted by Crippen LogP contribution is 2.22. The molecular formula is C17H21N5O. The molecule has 1 aromatic heterocycles. The standard InChI is InChI=1S/C17H21N5O/c1-3-21(14-9-5-6-10-14)16(23)12-22-19-17(18-20-22)15-11-7-4-8-13(15)2/h4,7-9,11H,3,5-6,10,12H2,1-2H3. The van der Waals surface area contributed by atoms with E-state index >= 15 is 0 Å². The van der Waals surface area contributed by atoms with Gasteiger partial charge in [0.05, 0.1) is 0 Å². The predicted molar refractivity (Wildman–Crippen MR) is 87.3 cm³/mol. The summed E-state index contributed by atoms with van der Waals surface area (Å²) in [7, 11) is 0. The van der Waals surface area contributed by atoms with Crippen LogP contribution < -0.4 is 0 Å². The number of benzene rings is 1. The molecule has 6 nitrogen and oxygen atoms in total. The van der Waals surface area contributed by atoms with Crippen LogP contribution in [0, 0.1) is 6.92 Å². The van der Waals surface area contributed by atoms with Crippen LogP contribution in [0.4, 0.5) is 0 Å². The maximum Gasteiger partial charge on any atom is 0.250 e. The SMILES string of the molecule is CCN(C(=O)Cn1nnc(-c2ccccc2C)n1)C1=CCCC1. The third-order valence-corrected chi connectivity index (χ3v) is 4.10. The lowest BCUT2D eigenvalue weighted by atomic mass is 10.1. The van der Waals surface area contributed by atoms with Crippen molar-refractivity contribution in [2.45, 2.75) is 39.7 Å². The Hall–Kier alpha value is -2.50. The van der Waals surface area contributed by atoms with Gasteiger partial charge in [0.2, 0.25) is 11.7 Å². The minimum Gasteiger partial charge on any atom is -0.315 e. The second-order valence-corrected chi connectivity index (χ2v) is 5.68. The molecule has 1 heterocycles. The van der Waals surface area contributed by atoms with E-state index in [-0.39, 0.29) is 12.5 Å². The Morgan fingerprint density at radius 1 is 1.35 bits per heavy atom. The Labute approximate surface area is 135 Å². The van der Waals surface area contributed by atoms with Gasteiger partial charge >= 0.3 is 0 Å². The molecule has 3 rings (SSSR count). The molecule has 0 unspecified atom stereocenters. The van der Waals surface area contributed by atoms with Crippen molar-refractivity contribution in [1.82, 2.24) is 25.1 Å². The molecule has 1 aliphatic rings. The zero-order valence-electron chi connectivity index (χ0n) is 13.6. The Kier molecular flexibility index (Phi) is 4.50. The van der Waals surface area contributed by atoms with Gasteiger partial charge in [-0.2, -0.15) is 4.80 Å². The fourth-order valence-corrected chi connectivity index (χ4v) is 2.89. The first-order chi connectivity index (χ1) is 11.2. The van der Waals surface area contributed by atoms with Crippen molar-refractivity contribution in [3.63, 3.8) is 0 Å². The number of nitrogens with zero attached hydrogens (tertiary/aromatic N) is 5. The normalized spacial score (nSPS) is 13.9. The van der Waals surface area contributed by atoms with Crippen molar-refractivity contribution in [2.75, 3.05) is 6.54 Å². The average molecular weight is 311 g/mol. The van der Waals surface area contributed by atoms with E-state index in [9.17, 15) is 4.79 Å². The maximum atomic E-state index is 12.5. The van der Waals surface area contributed by atoms with Gasteiger partial charge in [-0.1, -0.05) is 30.3 Å². The number of carbonyl (C=O) groups excluding carboxylic acids is 1. The van der Waals surface area contributed by atoms with E-state index in [1.807, 2.05) is 43.0 Å². The molecule has 120 valence electrons. The number of carbonyl (C=O) groups is 1. The zero-order valence-corrected chi connectivity index (χ0v) is 13.6. The summed E-state index contributed by atoms with van der Waals surface area (Å²) in [6.07, 6.45) is 5.30. The molecule has 23 heavy (non-hydrogen) atoms. The summed E-state index contributed by atoms with van der Waals surface area (Å²) in [5.41, 5.74) is 3.15. The van der Waals surface area contributed by atoms with E-state index in [2.05, 4.69) is 21.5 Å². The highest BCUT2D eigenvalue weighted by molar-refractivity contribution is 5.77. The van der Waals surface area contributed by atoms with Gasteiger partial charge in [0, 0.05) is 17.8 Å². The van der Waals surface area contributed by atoms with Crippen LogP contribution in [0.15, 0.2) is 36.0 Å². The molecule has 1 aromatic carbocycles. The monoisotopic (exact) mass is 311 g/mol. The van der Waals surface area contributed by atoms with Crippen molar-refractivity contribution in [3.8, 4) is 11.4 Å². The van der Waals surface area contributed by atoms with Crippen LogP contribution in [0.2, 0.25) is 0 Å². The predicted octanol–water partition coefficient (Wildman–Crippen LogP) is 2.56. The third kappa shape index (κ3) is 3.31. The quantitative estimate of drug-likeness (QED) is 0.851. The molecule has 0 bridgehead atoms. The van der Waals surface area contributed by atoms with Crippen molar-refractivity contribution in [3.05, 3.63) is 41.6 Å². The van der Waals surface area contributed by atoms with E-state index < -0.39 is 0 Å². The van der Waals surface area contributed by atoms with E-state index in [0.717, 1.165) is 36.1 Å². The van der Waals surface area contributed by atoms with Crippen molar-refractivity contribution in [1.29, 1.82) is 0 Å². The number of rotatable bonds is 5. The summed E-state index contributed by atoms with van der Waals surface area (Å²) in [6, 6.07) is 7.88. The van der Waals surface area contributed by atoms with Gasteiger partial charge < -0.3 is 4.90 Å². The van der Waals surface area contributed by atoms with Gasteiger partial charge in [0.1, 0.15) is 6.54 Å². The summed E-state index contributed by atoms with van der Waals surface area (Å²) in [6.45, 7) is 4.78. The number of amides is 1. The lowest BCUT2D eigenvalue weighted by molar-refractivity contribution is -0.130. The topological polar surface area (TPSA) is 63.9 Å². The van der Waals surface area contributed by atoms with Gasteiger partial charge in [-0.15, -0.1) is 10.2 Å². The summed E-state index contributed by atoms with van der Waals surface area (Å²) >= 11 is 0. The molecule has 6 heteroatoms. The highest BCUT2D eigenvalue weighted by Gasteiger charge is 2.20. The summed E-state index contributed by atoms with van der Waals surface area (Å²) in [5.74, 6) is 0.563. The first-order valence-electron chi connectivity index (χ1n) is 8.02. The van der Waals surface area contributed by atoms with Crippen molar-refractivity contribution >= 4 is 5.91 Å². The number of aryl methyl sites for hydroxylation is 1. The summed E-state index contributed by atoms with van der Waals surface area (Å²) in [4.78, 5) is 15.7. The van der Waals surface area contributed by atoms with Crippen molar-refractivity contribution < 1.29 is 4.79 Å². The Morgan fingerprint density at radius 2 is 2.17 bits per heavy atom. The first kappa shape index (κ1) is 15.4. The Bertz CT molecular complexity index is 734. The lowest BCUT2D eigenvalue weighted by Crippen LogP contribution is -2.33. The molecular weight excluding hydrogens is 290 g/mol. The van der Waals surface area contributed by atoms with Crippen LogP contribution in [0.1, 0.15) is 31.7 Å². The molecule has 1 amide bonds. The number of hydrogen-bond donors (Lipinski definition) is 0. The minimum absolute atomic E-state index is 0.00869. The molecule has 0 atom stereocenters. The fraction of sp³-hybridized carbons (Fsp3) is 0.412. The Morgan fingerprint density at radius 3 is 2.87 bits per heavy atom. The number of hydrogen-bond acceptors (Lipinski definition) is 4. The molecule has 0 spiro atoms. The van der Waals surface area contributed by atoms with E-state index in [4.69, 9.17) is 0 Å². The van der Waals surface area contributed by atoms with Gasteiger partial charge in [0.15, 0.2) is 0 Å². The summed E-state index contributed by atoms with van der Waals surface area (Å²) < 4.78 is 0. The van der Waals surface area contributed by atoms with E-state index in [1.165, 1.54) is 4.80 Å². The number of likely N-dealkylation sites (N-methyl/N-ethyl adjacent to an activating group) is 1. The third-order valence-electron chi connectivity index (χ3n) is 4.10. The van der Waals surface area contributed by atoms with Crippen LogP contribution in [0.3, 0.4) is 0 Å². The molecule has 0 saturated heterocycles. The molecule has 0 radical (unpaired) electrons. The zero-order chi connectivity index (χ0) is 16.2. The van der Waals surface area contributed by atoms with Crippen LogP contribution in [-0.2, 0) is 11.3 Å². The fourth-order valence-electron chi connectivity index (χ4n) is 2.89. The lowest BCUT2D eigenvalue weighted by Gasteiger charge is -2.21.